The first-order valence-electron chi connectivity index (χ1n) is 6.07. The third-order valence-corrected chi connectivity index (χ3v) is 4.48. The second kappa shape index (κ2) is 3.65. The molecular formula is C13H16O5. The van der Waals surface area contributed by atoms with Crippen molar-refractivity contribution in [3.8, 4) is 0 Å². The first kappa shape index (κ1) is 11.9. The van der Waals surface area contributed by atoms with Crippen LogP contribution in [0, 0.1) is 17.8 Å². The van der Waals surface area contributed by atoms with Crippen molar-refractivity contribution < 1.29 is 23.8 Å². The number of carbonyl (C=O) groups is 2. The van der Waals surface area contributed by atoms with Crippen LogP contribution in [0.3, 0.4) is 0 Å². The average Bonchev–Trinajstić information content (AvgIpc) is 2.72. The Morgan fingerprint density at radius 1 is 1.33 bits per heavy atom. The molecule has 98 valence electrons. The summed E-state index contributed by atoms with van der Waals surface area (Å²) < 4.78 is 16.1. The molecule has 5 heteroatoms. The van der Waals surface area contributed by atoms with Gasteiger partial charge in [-0.2, -0.15) is 0 Å². The molecule has 0 aromatic heterocycles. The minimum absolute atomic E-state index is 0.0570. The number of esters is 1. The molecule has 0 radical (unpaired) electrons. The zero-order chi connectivity index (χ0) is 13.1. The Morgan fingerprint density at radius 3 is 2.61 bits per heavy atom. The maximum absolute atomic E-state index is 12.6. The number of methoxy groups -OCH3 is 2. The maximum atomic E-state index is 12.6. The quantitative estimate of drug-likeness (QED) is 0.411. The highest BCUT2D eigenvalue weighted by Crippen LogP contribution is 2.53. The fourth-order valence-corrected chi connectivity index (χ4v) is 3.73. The van der Waals surface area contributed by atoms with Crippen molar-refractivity contribution in [2.45, 2.75) is 25.2 Å². The van der Waals surface area contributed by atoms with Crippen LogP contribution in [-0.4, -0.2) is 37.9 Å². The van der Waals surface area contributed by atoms with Gasteiger partial charge in [0.1, 0.15) is 6.10 Å². The third kappa shape index (κ3) is 1.18. The monoisotopic (exact) mass is 252 g/mol. The SMILES string of the molecule is COC1(OC)C(=O)C2C(C)=CC1C1OC(=O)CC21. The molecule has 4 rings (SSSR count). The van der Waals surface area contributed by atoms with Gasteiger partial charge in [-0.25, -0.2) is 0 Å². The van der Waals surface area contributed by atoms with E-state index in [1.54, 1.807) is 0 Å². The summed E-state index contributed by atoms with van der Waals surface area (Å²) >= 11 is 0. The minimum atomic E-state index is -1.30. The lowest BCUT2D eigenvalue weighted by atomic mass is 9.60. The van der Waals surface area contributed by atoms with E-state index in [1.807, 2.05) is 13.0 Å². The highest BCUT2D eigenvalue weighted by molar-refractivity contribution is 5.95. The molecule has 0 amide bonds. The van der Waals surface area contributed by atoms with E-state index < -0.39 is 5.79 Å². The summed E-state index contributed by atoms with van der Waals surface area (Å²) in [4.78, 5) is 24.1. The van der Waals surface area contributed by atoms with E-state index in [9.17, 15) is 9.59 Å². The summed E-state index contributed by atoms with van der Waals surface area (Å²) in [5.41, 5.74) is 0.995. The molecule has 2 fully saturated rings. The summed E-state index contributed by atoms with van der Waals surface area (Å²) in [6, 6.07) is 0. The summed E-state index contributed by atoms with van der Waals surface area (Å²) in [6.07, 6.45) is 1.97. The average molecular weight is 252 g/mol. The molecule has 2 bridgehead atoms. The van der Waals surface area contributed by atoms with Gasteiger partial charge in [-0.15, -0.1) is 0 Å². The van der Waals surface area contributed by atoms with Gasteiger partial charge in [0.15, 0.2) is 5.78 Å². The van der Waals surface area contributed by atoms with Gasteiger partial charge in [0.2, 0.25) is 5.79 Å². The molecule has 0 aromatic rings. The van der Waals surface area contributed by atoms with Crippen molar-refractivity contribution in [2.75, 3.05) is 14.2 Å². The lowest BCUT2D eigenvalue weighted by molar-refractivity contribution is -0.254. The van der Waals surface area contributed by atoms with Crippen molar-refractivity contribution in [2.24, 2.45) is 17.8 Å². The van der Waals surface area contributed by atoms with E-state index in [0.717, 1.165) is 5.57 Å². The van der Waals surface area contributed by atoms with Crippen LogP contribution in [0.1, 0.15) is 13.3 Å². The number of rotatable bonds is 2. The number of ether oxygens (including phenoxy) is 3. The number of allylic oxidation sites excluding steroid dienone is 1. The molecular weight excluding hydrogens is 236 g/mol. The van der Waals surface area contributed by atoms with Crippen LogP contribution in [0.5, 0.6) is 0 Å². The highest BCUT2D eigenvalue weighted by Gasteiger charge is 2.66. The number of ketones is 1. The first-order chi connectivity index (χ1) is 8.55. The second-order valence-electron chi connectivity index (χ2n) is 5.18. The Balaban J connectivity index is 2.12. The Hall–Kier alpha value is -1.20. The van der Waals surface area contributed by atoms with Gasteiger partial charge in [0, 0.05) is 20.1 Å². The largest absolute Gasteiger partial charge is 0.461 e. The van der Waals surface area contributed by atoms with Crippen molar-refractivity contribution in [3.05, 3.63) is 11.6 Å². The van der Waals surface area contributed by atoms with E-state index >= 15 is 0 Å². The van der Waals surface area contributed by atoms with Crippen molar-refractivity contribution in [3.63, 3.8) is 0 Å². The molecule has 1 saturated heterocycles. The molecule has 4 atom stereocenters. The maximum Gasteiger partial charge on any atom is 0.306 e. The van der Waals surface area contributed by atoms with Crippen molar-refractivity contribution in [1.29, 1.82) is 0 Å². The number of Topliss-reactive ketones (excluding diaryl/α,β-unsaturated/α-hetero) is 1. The molecule has 4 unspecified atom stereocenters. The van der Waals surface area contributed by atoms with Gasteiger partial charge in [-0.3, -0.25) is 9.59 Å². The molecule has 3 aliphatic carbocycles. The molecule has 5 nitrogen and oxygen atoms in total. The van der Waals surface area contributed by atoms with Crippen molar-refractivity contribution >= 4 is 11.8 Å². The van der Waals surface area contributed by atoms with Crippen LogP contribution in [0.2, 0.25) is 0 Å². The highest BCUT2D eigenvalue weighted by atomic mass is 16.7. The lowest BCUT2D eigenvalue weighted by Gasteiger charge is -2.50. The molecule has 0 spiro atoms. The fourth-order valence-electron chi connectivity index (χ4n) is 3.73. The minimum Gasteiger partial charge on any atom is -0.461 e. The molecule has 18 heavy (non-hydrogen) atoms. The molecule has 0 N–H and O–H groups in total. The summed E-state index contributed by atoms with van der Waals surface area (Å²) in [7, 11) is 2.91. The topological polar surface area (TPSA) is 61.8 Å². The molecule has 1 saturated carbocycles. The Kier molecular flexibility index (Phi) is 2.40. The van der Waals surface area contributed by atoms with Crippen LogP contribution in [0.25, 0.3) is 0 Å². The lowest BCUT2D eigenvalue weighted by Crippen LogP contribution is -2.64. The van der Waals surface area contributed by atoms with Gasteiger partial charge in [0.25, 0.3) is 0 Å². The Bertz CT molecular complexity index is 448. The van der Waals surface area contributed by atoms with E-state index in [0.29, 0.717) is 6.42 Å². The zero-order valence-corrected chi connectivity index (χ0v) is 10.6. The number of hydrogen-bond acceptors (Lipinski definition) is 5. The standard InChI is InChI=1S/C13H16O5/c1-6-4-8-11-7(5-9(14)18-11)10(6)12(15)13(8,16-2)17-3/h4,7-8,10-11H,5H2,1-3H3. The summed E-state index contributed by atoms with van der Waals surface area (Å²) in [6.45, 7) is 1.92. The Labute approximate surface area is 105 Å². The van der Waals surface area contributed by atoms with E-state index in [1.165, 1.54) is 14.2 Å². The van der Waals surface area contributed by atoms with Crippen molar-refractivity contribution in [1.82, 2.24) is 0 Å². The zero-order valence-electron chi connectivity index (χ0n) is 10.6. The normalized spacial score (nSPS) is 40.5. The van der Waals surface area contributed by atoms with Gasteiger partial charge < -0.3 is 14.2 Å². The van der Waals surface area contributed by atoms with Crippen LogP contribution in [-0.2, 0) is 23.8 Å². The predicted octanol–water partition coefficient (Wildman–Crippen LogP) is 0.682. The third-order valence-electron chi connectivity index (χ3n) is 4.48. The fraction of sp³-hybridized carbons (Fsp3) is 0.692. The first-order valence-corrected chi connectivity index (χ1v) is 6.07. The molecule has 1 aliphatic heterocycles. The number of fused-ring (bicyclic) bond motifs is 1. The van der Waals surface area contributed by atoms with Gasteiger partial charge in [-0.1, -0.05) is 11.6 Å². The van der Waals surface area contributed by atoms with Gasteiger partial charge in [-0.05, 0) is 6.92 Å². The molecule has 0 aromatic carbocycles. The van der Waals surface area contributed by atoms with Gasteiger partial charge >= 0.3 is 5.97 Å². The summed E-state index contributed by atoms with van der Waals surface area (Å²) in [5, 5.41) is 0. The Morgan fingerprint density at radius 2 is 2.00 bits per heavy atom. The summed E-state index contributed by atoms with van der Waals surface area (Å²) in [5.74, 6) is -2.35. The molecule has 1 heterocycles. The van der Waals surface area contributed by atoms with Crippen LogP contribution < -0.4 is 0 Å². The predicted molar refractivity (Wildman–Crippen MR) is 60.5 cm³/mol. The number of hydrogen-bond donors (Lipinski definition) is 0. The molecule has 4 aliphatic rings. The van der Waals surface area contributed by atoms with E-state index in [4.69, 9.17) is 14.2 Å². The number of carbonyl (C=O) groups excluding carboxylic acids is 2. The van der Waals surface area contributed by atoms with Crippen LogP contribution in [0.4, 0.5) is 0 Å². The van der Waals surface area contributed by atoms with Gasteiger partial charge in [0.05, 0.1) is 18.3 Å². The second-order valence-corrected chi connectivity index (χ2v) is 5.18. The van der Waals surface area contributed by atoms with Crippen LogP contribution >= 0.6 is 0 Å². The van der Waals surface area contributed by atoms with Crippen LogP contribution in [0.15, 0.2) is 11.6 Å². The smallest absolute Gasteiger partial charge is 0.306 e. The van der Waals surface area contributed by atoms with E-state index in [-0.39, 0.29) is 35.6 Å². The van der Waals surface area contributed by atoms with E-state index in [2.05, 4.69) is 0 Å².